The van der Waals surface area contributed by atoms with E-state index in [1.807, 2.05) is 20.8 Å². The van der Waals surface area contributed by atoms with Crippen LogP contribution in [0.25, 0.3) is 0 Å². The molecule has 0 aromatic carbocycles. The van der Waals surface area contributed by atoms with Crippen molar-refractivity contribution in [2.75, 3.05) is 6.54 Å². The van der Waals surface area contributed by atoms with Gasteiger partial charge in [-0.2, -0.15) is 13.2 Å². The van der Waals surface area contributed by atoms with Crippen molar-refractivity contribution in [1.82, 2.24) is 4.90 Å². The lowest BCUT2D eigenvalue weighted by Crippen LogP contribution is -2.46. The number of amides is 2. The highest BCUT2D eigenvalue weighted by Crippen LogP contribution is 2.64. The lowest BCUT2D eigenvalue weighted by Gasteiger charge is -2.30. The Kier molecular flexibility index (Phi) is 5.52. The number of carboxylic acids is 1. The molecule has 2 amide bonds. The summed E-state index contributed by atoms with van der Waals surface area (Å²) in [5, 5.41) is 9.37. The normalized spacial score (nSPS) is 27.0. The van der Waals surface area contributed by atoms with Gasteiger partial charge in [0.2, 0.25) is 5.91 Å². The molecule has 0 aromatic rings. The topological polar surface area (TPSA) is 101 Å². The minimum absolute atomic E-state index is 0.0158. The Hall–Kier alpha value is -1.80. The molecule has 1 saturated carbocycles. The molecule has 2 rings (SSSR count). The van der Waals surface area contributed by atoms with Crippen molar-refractivity contribution in [1.29, 1.82) is 0 Å². The standard InChI is InChI=1S/C14H23NO3.C2H2F3NO/c1-13(2,3)6-9(16)15-7-8-10(14(8,4)5)11(15)12(17)18;3-2(4,5)1(6)7/h8,10-11H,6-7H2,1-5H3,(H,17,18);(H2,6,7)/t8?,10?,11-;/m0./s1. The average Bonchev–Trinajstić information content (AvgIpc) is 2.76. The van der Waals surface area contributed by atoms with Crippen LogP contribution in [0.3, 0.4) is 0 Å². The van der Waals surface area contributed by atoms with Crippen molar-refractivity contribution < 1.29 is 32.7 Å². The number of carboxylic acid groups (broad SMARTS) is 1. The first kappa shape index (κ1) is 21.2. The monoisotopic (exact) mass is 366 g/mol. The molecule has 1 aliphatic carbocycles. The zero-order chi connectivity index (χ0) is 20.0. The van der Waals surface area contributed by atoms with Gasteiger partial charge in [0.1, 0.15) is 6.04 Å². The third-order valence-corrected chi connectivity index (χ3v) is 4.74. The van der Waals surface area contributed by atoms with E-state index in [0.717, 1.165) is 0 Å². The van der Waals surface area contributed by atoms with E-state index in [0.29, 0.717) is 18.9 Å². The summed E-state index contributed by atoms with van der Waals surface area (Å²) in [6, 6.07) is -0.611. The van der Waals surface area contributed by atoms with Crippen LogP contribution in [-0.2, 0) is 14.4 Å². The van der Waals surface area contributed by atoms with E-state index >= 15 is 0 Å². The van der Waals surface area contributed by atoms with Gasteiger partial charge in [0.25, 0.3) is 0 Å². The summed E-state index contributed by atoms with van der Waals surface area (Å²) in [7, 11) is 0. The van der Waals surface area contributed by atoms with Crippen LogP contribution in [0.15, 0.2) is 0 Å². The molecule has 1 heterocycles. The van der Waals surface area contributed by atoms with Gasteiger partial charge in [-0.15, -0.1) is 0 Å². The molecular formula is C16H25F3N2O4. The quantitative estimate of drug-likeness (QED) is 0.781. The molecule has 1 saturated heterocycles. The molecule has 3 atom stereocenters. The first-order valence-electron chi connectivity index (χ1n) is 7.89. The maximum absolute atomic E-state index is 12.2. The van der Waals surface area contributed by atoms with Crippen LogP contribution in [-0.4, -0.2) is 46.6 Å². The Morgan fingerprint density at radius 1 is 1.20 bits per heavy atom. The number of hydrogen-bond acceptors (Lipinski definition) is 3. The lowest BCUT2D eigenvalue weighted by molar-refractivity contribution is -0.169. The Bertz CT molecular complexity index is 567. The SMILES string of the molecule is CC(C)(C)CC(=O)N1CC2C([C@H]1C(=O)O)C2(C)C.NC(=O)C(F)(F)F. The fourth-order valence-electron chi connectivity index (χ4n) is 3.38. The molecule has 6 nitrogen and oxygen atoms in total. The highest BCUT2D eigenvalue weighted by molar-refractivity contribution is 5.86. The largest absolute Gasteiger partial charge is 0.480 e. The number of nitrogens with two attached hydrogens (primary N) is 1. The number of aliphatic carboxylic acids is 1. The second-order valence-corrected chi connectivity index (χ2v) is 8.38. The maximum Gasteiger partial charge on any atom is 0.470 e. The molecule has 0 bridgehead atoms. The fourth-order valence-corrected chi connectivity index (χ4v) is 3.38. The van der Waals surface area contributed by atoms with Crippen LogP contribution < -0.4 is 5.73 Å². The second kappa shape index (κ2) is 6.49. The van der Waals surface area contributed by atoms with Gasteiger partial charge in [-0.1, -0.05) is 34.6 Å². The van der Waals surface area contributed by atoms with Gasteiger partial charge in [-0.05, 0) is 16.7 Å². The summed E-state index contributed by atoms with van der Waals surface area (Å²) < 4.78 is 32.1. The van der Waals surface area contributed by atoms with E-state index in [2.05, 4.69) is 19.6 Å². The van der Waals surface area contributed by atoms with Gasteiger partial charge in [0.05, 0.1) is 0 Å². The van der Waals surface area contributed by atoms with Gasteiger partial charge in [0.15, 0.2) is 0 Å². The number of rotatable bonds is 2. The average molecular weight is 366 g/mol. The minimum Gasteiger partial charge on any atom is -0.480 e. The van der Waals surface area contributed by atoms with Crippen LogP contribution in [0.1, 0.15) is 41.0 Å². The highest BCUT2D eigenvalue weighted by Gasteiger charge is 2.69. The van der Waals surface area contributed by atoms with E-state index in [-0.39, 0.29) is 22.7 Å². The van der Waals surface area contributed by atoms with Gasteiger partial charge in [-0.25, -0.2) is 4.79 Å². The Balaban J connectivity index is 0.000000381. The number of fused-ring (bicyclic) bond motifs is 1. The number of primary amides is 1. The van der Waals surface area contributed by atoms with Crippen LogP contribution in [0.2, 0.25) is 0 Å². The number of likely N-dealkylation sites (tertiary alicyclic amines) is 1. The molecule has 2 aliphatic rings. The van der Waals surface area contributed by atoms with Gasteiger partial charge in [-0.3, -0.25) is 9.59 Å². The molecule has 1 aliphatic heterocycles. The molecule has 2 fully saturated rings. The van der Waals surface area contributed by atoms with Crippen molar-refractivity contribution >= 4 is 17.8 Å². The second-order valence-electron chi connectivity index (χ2n) is 8.38. The van der Waals surface area contributed by atoms with Crippen LogP contribution in [0.5, 0.6) is 0 Å². The number of piperidine rings is 1. The molecule has 0 aromatic heterocycles. The van der Waals surface area contributed by atoms with Gasteiger partial charge < -0.3 is 15.7 Å². The first-order chi connectivity index (χ1) is 11.0. The highest BCUT2D eigenvalue weighted by atomic mass is 19.4. The summed E-state index contributed by atoms with van der Waals surface area (Å²) in [5.74, 6) is -2.62. The van der Waals surface area contributed by atoms with E-state index < -0.39 is 24.1 Å². The molecule has 25 heavy (non-hydrogen) atoms. The van der Waals surface area contributed by atoms with Crippen LogP contribution in [0, 0.1) is 22.7 Å². The van der Waals surface area contributed by atoms with E-state index in [1.54, 1.807) is 4.90 Å². The van der Waals surface area contributed by atoms with Crippen LogP contribution >= 0.6 is 0 Å². The number of halogens is 3. The predicted molar refractivity (Wildman–Crippen MR) is 83.2 cm³/mol. The molecule has 2 unspecified atom stereocenters. The molecule has 9 heteroatoms. The Labute approximate surface area is 144 Å². The van der Waals surface area contributed by atoms with Crippen molar-refractivity contribution in [3.8, 4) is 0 Å². The smallest absolute Gasteiger partial charge is 0.470 e. The first-order valence-corrected chi connectivity index (χ1v) is 7.89. The Morgan fingerprint density at radius 2 is 1.64 bits per heavy atom. The van der Waals surface area contributed by atoms with Gasteiger partial charge >= 0.3 is 18.1 Å². The van der Waals surface area contributed by atoms with Crippen molar-refractivity contribution in [3.63, 3.8) is 0 Å². The van der Waals surface area contributed by atoms with Crippen LogP contribution in [0.4, 0.5) is 13.2 Å². The molecule has 144 valence electrons. The van der Waals surface area contributed by atoms with Crippen molar-refractivity contribution in [2.24, 2.45) is 28.4 Å². The number of carbonyl (C=O) groups is 3. The zero-order valence-electron chi connectivity index (χ0n) is 15.0. The maximum atomic E-state index is 12.2. The predicted octanol–water partition coefficient (Wildman–Crippen LogP) is 2.02. The summed E-state index contributed by atoms with van der Waals surface area (Å²) in [4.78, 5) is 34.3. The molecular weight excluding hydrogens is 341 g/mol. The summed E-state index contributed by atoms with van der Waals surface area (Å²) >= 11 is 0. The number of carbonyl (C=O) groups excluding carboxylic acids is 2. The van der Waals surface area contributed by atoms with Gasteiger partial charge in [0, 0.05) is 18.9 Å². The molecule has 0 spiro atoms. The van der Waals surface area contributed by atoms with Crippen molar-refractivity contribution in [2.45, 2.75) is 53.3 Å². The summed E-state index contributed by atoms with van der Waals surface area (Å²) in [5.41, 5.74) is 3.80. The lowest BCUT2D eigenvalue weighted by atomic mass is 9.91. The third kappa shape index (κ3) is 4.85. The zero-order valence-corrected chi connectivity index (χ0v) is 15.0. The van der Waals surface area contributed by atoms with E-state index in [1.165, 1.54) is 0 Å². The van der Waals surface area contributed by atoms with Crippen molar-refractivity contribution in [3.05, 3.63) is 0 Å². The Morgan fingerprint density at radius 3 is 1.96 bits per heavy atom. The minimum atomic E-state index is -4.86. The molecule has 3 N–H and O–H groups in total. The molecule has 0 radical (unpaired) electrons. The summed E-state index contributed by atoms with van der Waals surface area (Å²) in [6.45, 7) is 10.8. The fraction of sp³-hybridized carbons (Fsp3) is 0.812. The van der Waals surface area contributed by atoms with E-state index in [4.69, 9.17) is 4.79 Å². The number of alkyl halides is 3. The third-order valence-electron chi connectivity index (χ3n) is 4.74. The number of nitrogens with zero attached hydrogens (tertiary/aromatic N) is 1. The summed E-state index contributed by atoms with van der Waals surface area (Å²) in [6.07, 6.45) is -4.45. The van der Waals surface area contributed by atoms with E-state index in [9.17, 15) is 27.9 Å². The number of hydrogen-bond donors (Lipinski definition) is 2.